The number of benzene rings is 2. The van der Waals surface area contributed by atoms with Crippen molar-refractivity contribution in [2.24, 2.45) is 0 Å². The molecule has 0 aliphatic rings. The Bertz CT molecular complexity index is 1430. The number of hydrogen-bond acceptors (Lipinski definition) is 6. The number of fused-ring (bicyclic) bond motifs is 1. The number of esters is 1. The molecule has 8 nitrogen and oxygen atoms in total. The van der Waals surface area contributed by atoms with Crippen LogP contribution in [0.25, 0.3) is 5.65 Å². The van der Waals surface area contributed by atoms with Gasteiger partial charge in [-0.1, -0.05) is 30.3 Å². The Kier molecular flexibility index (Phi) is 7.21. The summed E-state index contributed by atoms with van der Waals surface area (Å²) in [5, 5.41) is 2.79. The first kappa shape index (κ1) is 23.7. The fraction of sp³-hybridized carbons (Fsp3) is 0.185. The van der Waals surface area contributed by atoms with Crippen molar-refractivity contribution in [3.63, 3.8) is 0 Å². The maximum absolute atomic E-state index is 12.8. The quantitative estimate of drug-likeness (QED) is 0.391. The number of rotatable bonds is 8. The van der Waals surface area contributed by atoms with Crippen LogP contribution in [0.2, 0.25) is 0 Å². The summed E-state index contributed by atoms with van der Waals surface area (Å²) in [7, 11) is 1.60. The van der Waals surface area contributed by atoms with Crippen LogP contribution in [0.4, 0.5) is 5.69 Å². The van der Waals surface area contributed by atoms with E-state index in [-0.39, 0.29) is 30.1 Å². The van der Waals surface area contributed by atoms with Crippen LogP contribution in [0.1, 0.15) is 33.6 Å². The van der Waals surface area contributed by atoms with Gasteiger partial charge < -0.3 is 14.8 Å². The number of carbonyl (C=O) groups excluding carboxylic acids is 2. The van der Waals surface area contributed by atoms with E-state index in [9.17, 15) is 14.4 Å². The number of pyridine rings is 1. The summed E-state index contributed by atoms with van der Waals surface area (Å²) in [6.07, 6.45) is 2.50. The summed E-state index contributed by atoms with van der Waals surface area (Å²) < 4.78 is 12.0. The first-order chi connectivity index (χ1) is 16.9. The van der Waals surface area contributed by atoms with E-state index < -0.39 is 5.97 Å². The molecule has 0 spiro atoms. The van der Waals surface area contributed by atoms with Crippen molar-refractivity contribution in [2.75, 3.05) is 12.4 Å². The zero-order chi connectivity index (χ0) is 24.8. The molecule has 8 heteroatoms. The Morgan fingerprint density at radius 3 is 2.57 bits per heavy atom. The molecule has 2 aromatic carbocycles. The van der Waals surface area contributed by atoms with Gasteiger partial charge in [-0.3, -0.25) is 14.0 Å². The number of nitrogens with zero attached hydrogens (tertiary/aromatic N) is 2. The average molecular weight is 472 g/mol. The minimum absolute atomic E-state index is 0.168. The van der Waals surface area contributed by atoms with Gasteiger partial charge in [-0.2, -0.15) is 0 Å². The van der Waals surface area contributed by atoms with Crippen molar-refractivity contribution in [1.29, 1.82) is 0 Å². The highest BCUT2D eigenvalue weighted by atomic mass is 16.5. The lowest BCUT2D eigenvalue weighted by molar-refractivity contribution is -0.116. The number of ether oxygens (including phenoxy) is 2. The lowest BCUT2D eigenvalue weighted by Gasteiger charge is -2.11. The molecule has 0 saturated heterocycles. The second-order valence-electron chi connectivity index (χ2n) is 8.04. The maximum Gasteiger partial charge on any atom is 0.340 e. The molecule has 0 radical (unpaired) electrons. The third kappa shape index (κ3) is 5.92. The van der Waals surface area contributed by atoms with Gasteiger partial charge in [0.25, 0.3) is 5.56 Å². The first-order valence-corrected chi connectivity index (χ1v) is 11.1. The van der Waals surface area contributed by atoms with Crippen molar-refractivity contribution in [1.82, 2.24) is 9.38 Å². The molecule has 0 bridgehead atoms. The molecule has 1 amide bonds. The van der Waals surface area contributed by atoms with E-state index >= 15 is 0 Å². The van der Waals surface area contributed by atoms with Crippen molar-refractivity contribution < 1.29 is 19.1 Å². The Balaban J connectivity index is 1.39. The maximum atomic E-state index is 12.8. The molecule has 2 heterocycles. The summed E-state index contributed by atoms with van der Waals surface area (Å²) in [5.41, 5.74) is 3.07. The number of methoxy groups -OCH3 is 1. The van der Waals surface area contributed by atoms with Gasteiger partial charge in [-0.15, -0.1) is 0 Å². The molecule has 0 atom stereocenters. The summed E-state index contributed by atoms with van der Waals surface area (Å²) in [4.78, 5) is 42.0. The molecule has 4 rings (SSSR count). The van der Waals surface area contributed by atoms with E-state index in [4.69, 9.17) is 9.47 Å². The van der Waals surface area contributed by atoms with Gasteiger partial charge in [0.15, 0.2) is 0 Å². The predicted octanol–water partition coefficient (Wildman–Crippen LogP) is 3.94. The van der Waals surface area contributed by atoms with Gasteiger partial charge in [0.2, 0.25) is 5.91 Å². The zero-order valence-electron chi connectivity index (χ0n) is 19.5. The van der Waals surface area contributed by atoms with E-state index in [0.29, 0.717) is 23.4 Å². The molecule has 35 heavy (non-hydrogen) atoms. The van der Waals surface area contributed by atoms with Crippen LogP contribution in [-0.2, 0) is 22.6 Å². The van der Waals surface area contributed by atoms with E-state index in [1.54, 1.807) is 43.6 Å². The van der Waals surface area contributed by atoms with Crippen molar-refractivity contribution in [3.05, 3.63) is 106 Å². The van der Waals surface area contributed by atoms with Crippen LogP contribution in [-0.4, -0.2) is 28.4 Å². The Hall–Kier alpha value is -4.46. The fourth-order valence-corrected chi connectivity index (χ4v) is 3.58. The smallest absolute Gasteiger partial charge is 0.340 e. The van der Waals surface area contributed by atoms with Gasteiger partial charge in [-0.05, 0) is 54.8 Å². The molecule has 0 aliphatic carbocycles. The molecule has 178 valence electrons. The van der Waals surface area contributed by atoms with Crippen molar-refractivity contribution in [2.45, 2.75) is 26.4 Å². The lowest BCUT2D eigenvalue weighted by Crippen LogP contribution is -2.18. The highest BCUT2D eigenvalue weighted by Crippen LogP contribution is 2.18. The summed E-state index contributed by atoms with van der Waals surface area (Å²) in [6.45, 7) is 1.72. The lowest BCUT2D eigenvalue weighted by atomic mass is 10.1. The van der Waals surface area contributed by atoms with Crippen LogP contribution in [0, 0.1) is 6.92 Å². The minimum Gasteiger partial charge on any atom is -0.497 e. The van der Waals surface area contributed by atoms with E-state index in [0.717, 1.165) is 16.9 Å². The standard InChI is InChI=1S/C27H25N3O5/c1-18-7-13-24-28-20(15-26(32)30(24)16-18)17-35-27(33)22-5-3-4-6-23(22)29-25(31)14-10-19-8-11-21(34-2)12-9-19/h3-9,11-13,15-16H,10,14,17H2,1-2H3,(H,29,31). The van der Waals surface area contributed by atoms with Crippen LogP contribution >= 0.6 is 0 Å². The van der Waals surface area contributed by atoms with E-state index in [1.807, 2.05) is 37.3 Å². The van der Waals surface area contributed by atoms with Crippen LogP contribution < -0.4 is 15.6 Å². The van der Waals surface area contributed by atoms with Crippen molar-refractivity contribution in [3.8, 4) is 5.75 Å². The number of anilines is 1. The number of para-hydroxylation sites is 1. The molecule has 4 aromatic rings. The highest BCUT2D eigenvalue weighted by molar-refractivity contribution is 6.01. The molecular formula is C27H25N3O5. The van der Waals surface area contributed by atoms with E-state index in [2.05, 4.69) is 10.3 Å². The largest absolute Gasteiger partial charge is 0.497 e. The Labute approximate surface area is 202 Å². The van der Waals surface area contributed by atoms with Gasteiger partial charge in [0.1, 0.15) is 18.0 Å². The number of carbonyl (C=O) groups is 2. The number of hydrogen-bond donors (Lipinski definition) is 1. The van der Waals surface area contributed by atoms with E-state index in [1.165, 1.54) is 10.5 Å². The first-order valence-electron chi connectivity index (χ1n) is 11.1. The molecule has 0 fully saturated rings. The van der Waals surface area contributed by atoms with Crippen LogP contribution in [0.5, 0.6) is 5.75 Å². The topological polar surface area (TPSA) is 99.0 Å². The summed E-state index contributed by atoms with van der Waals surface area (Å²) in [5.74, 6) is -0.0904. The Morgan fingerprint density at radius 1 is 1.03 bits per heavy atom. The second kappa shape index (κ2) is 10.6. The SMILES string of the molecule is COc1ccc(CCC(=O)Nc2ccccc2C(=O)OCc2cc(=O)n3cc(C)ccc3n2)cc1. The molecule has 2 aromatic heterocycles. The monoisotopic (exact) mass is 471 g/mol. The molecule has 0 unspecified atom stereocenters. The fourth-order valence-electron chi connectivity index (χ4n) is 3.58. The van der Waals surface area contributed by atoms with Gasteiger partial charge >= 0.3 is 5.97 Å². The minimum atomic E-state index is -0.623. The number of amides is 1. The van der Waals surface area contributed by atoms with Gasteiger partial charge in [0, 0.05) is 18.7 Å². The molecule has 0 saturated carbocycles. The van der Waals surface area contributed by atoms with Gasteiger partial charge in [0.05, 0.1) is 24.1 Å². The highest BCUT2D eigenvalue weighted by Gasteiger charge is 2.15. The number of aryl methyl sites for hydroxylation is 2. The third-order valence-corrected chi connectivity index (χ3v) is 5.43. The van der Waals surface area contributed by atoms with Crippen LogP contribution in [0.15, 0.2) is 77.7 Å². The third-order valence-electron chi connectivity index (χ3n) is 5.43. The average Bonchev–Trinajstić information content (AvgIpc) is 2.87. The van der Waals surface area contributed by atoms with Crippen molar-refractivity contribution >= 4 is 23.2 Å². The molecule has 1 N–H and O–H groups in total. The Morgan fingerprint density at radius 2 is 1.80 bits per heavy atom. The predicted molar refractivity (Wildman–Crippen MR) is 132 cm³/mol. The molecule has 0 aliphatic heterocycles. The number of aromatic nitrogens is 2. The summed E-state index contributed by atoms with van der Waals surface area (Å²) >= 11 is 0. The van der Waals surface area contributed by atoms with Crippen LogP contribution in [0.3, 0.4) is 0 Å². The normalized spacial score (nSPS) is 10.7. The number of nitrogens with one attached hydrogen (secondary N) is 1. The molecular weight excluding hydrogens is 446 g/mol. The van der Waals surface area contributed by atoms with Gasteiger partial charge in [-0.25, -0.2) is 9.78 Å². The zero-order valence-corrected chi connectivity index (χ0v) is 19.5. The summed E-state index contributed by atoms with van der Waals surface area (Å²) in [6, 6.07) is 19.1. The second-order valence-corrected chi connectivity index (χ2v) is 8.04.